The summed E-state index contributed by atoms with van der Waals surface area (Å²) in [5, 5.41) is 0. The molecule has 1 unspecified atom stereocenters. The Labute approximate surface area is 77.5 Å². The van der Waals surface area contributed by atoms with Crippen molar-refractivity contribution in [3.05, 3.63) is 35.4 Å². The smallest absolute Gasteiger partial charge is 0.150 e. The van der Waals surface area contributed by atoms with Crippen molar-refractivity contribution in [2.45, 2.75) is 18.9 Å². The molecule has 0 amide bonds. The summed E-state index contributed by atoms with van der Waals surface area (Å²) in [6, 6.07) is 7.60. The Morgan fingerprint density at radius 3 is 2.85 bits per heavy atom. The van der Waals surface area contributed by atoms with E-state index in [9.17, 15) is 4.79 Å². The Balaban J connectivity index is 2.34. The number of hydrogen-bond donors (Lipinski definition) is 0. The van der Waals surface area contributed by atoms with E-state index in [-0.39, 0.29) is 5.60 Å². The van der Waals surface area contributed by atoms with Gasteiger partial charge in [-0.2, -0.15) is 0 Å². The lowest BCUT2D eigenvalue weighted by molar-refractivity contribution is -0.140. The third kappa shape index (κ3) is 1.38. The van der Waals surface area contributed by atoms with E-state index < -0.39 is 0 Å². The van der Waals surface area contributed by atoms with Crippen LogP contribution in [0.2, 0.25) is 0 Å². The van der Waals surface area contributed by atoms with Gasteiger partial charge in [-0.05, 0) is 18.6 Å². The Morgan fingerprint density at radius 1 is 1.54 bits per heavy atom. The molecule has 68 valence electrons. The number of rotatable bonds is 2. The van der Waals surface area contributed by atoms with Crippen molar-refractivity contribution in [3.8, 4) is 0 Å². The Bertz CT molecular complexity index is 327. The van der Waals surface area contributed by atoms with Gasteiger partial charge in [0.2, 0.25) is 0 Å². The van der Waals surface area contributed by atoms with Gasteiger partial charge < -0.3 is 4.74 Å². The van der Waals surface area contributed by atoms with Crippen LogP contribution >= 0.6 is 0 Å². The average molecular weight is 176 g/mol. The third-order valence-corrected chi connectivity index (χ3v) is 2.63. The van der Waals surface area contributed by atoms with E-state index in [4.69, 9.17) is 4.74 Å². The van der Waals surface area contributed by atoms with Gasteiger partial charge in [-0.25, -0.2) is 0 Å². The SMILES string of the molecule is CC1(c2cccc(C=O)c2)CCO1. The molecule has 1 aromatic carbocycles. The summed E-state index contributed by atoms with van der Waals surface area (Å²) in [7, 11) is 0. The lowest BCUT2D eigenvalue weighted by atomic mass is 9.88. The largest absolute Gasteiger partial charge is 0.370 e. The summed E-state index contributed by atoms with van der Waals surface area (Å²) in [5.74, 6) is 0. The molecule has 0 bridgehead atoms. The van der Waals surface area contributed by atoms with Crippen molar-refractivity contribution in [3.63, 3.8) is 0 Å². The lowest BCUT2D eigenvalue weighted by Gasteiger charge is -2.39. The predicted molar refractivity (Wildman–Crippen MR) is 49.8 cm³/mol. The number of carbonyl (C=O) groups is 1. The van der Waals surface area contributed by atoms with Crippen LogP contribution in [0, 0.1) is 0 Å². The van der Waals surface area contributed by atoms with E-state index in [1.807, 2.05) is 18.2 Å². The zero-order chi connectivity index (χ0) is 9.31. The molecule has 1 aliphatic rings. The molecular formula is C11H12O2. The van der Waals surface area contributed by atoms with Crippen LogP contribution in [0.1, 0.15) is 29.3 Å². The maximum Gasteiger partial charge on any atom is 0.150 e. The standard InChI is InChI=1S/C11H12O2/c1-11(5-6-13-11)10-4-2-3-9(7-10)8-12/h2-4,7-8H,5-6H2,1H3. The summed E-state index contributed by atoms with van der Waals surface area (Å²) in [5.41, 5.74) is 1.66. The second kappa shape index (κ2) is 2.96. The molecule has 0 aliphatic carbocycles. The summed E-state index contributed by atoms with van der Waals surface area (Å²) in [4.78, 5) is 10.6. The number of carbonyl (C=O) groups excluding carboxylic acids is 1. The maximum absolute atomic E-state index is 10.6. The first-order valence-corrected chi connectivity index (χ1v) is 4.44. The number of benzene rings is 1. The minimum absolute atomic E-state index is 0.154. The van der Waals surface area contributed by atoms with E-state index in [1.165, 1.54) is 0 Å². The van der Waals surface area contributed by atoms with Crippen LogP contribution in [0.25, 0.3) is 0 Å². The summed E-state index contributed by atoms with van der Waals surface area (Å²) >= 11 is 0. The summed E-state index contributed by atoms with van der Waals surface area (Å²) < 4.78 is 5.49. The molecule has 0 radical (unpaired) electrons. The van der Waals surface area contributed by atoms with Crippen LogP contribution in [0.15, 0.2) is 24.3 Å². The van der Waals surface area contributed by atoms with Crippen LogP contribution in [0.5, 0.6) is 0 Å². The van der Waals surface area contributed by atoms with E-state index in [0.29, 0.717) is 5.56 Å². The maximum atomic E-state index is 10.6. The van der Waals surface area contributed by atoms with Crippen LogP contribution in [0.3, 0.4) is 0 Å². The normalized spacial score (nSPS) is 26.5. The molecule has 1 atom stereocenters. The number of ether oxygens (including phenoxy) is 1. The summed E-state index contributed by atoms with van der Waals surface area (Å²) in [6.07, 6.45) is 1.90. The highest BCUT2D eigenvalue weighted by molar-refractivity contribution is 5.75. The highest BCUT2D eigenvalue weighted by Gasteiger charge is 2.34. The van der Waals surface area contributed by atoms with Crippen molar-refractivity contribution in [1.29, 1.82) is 0 Å². The minimum atomic E-state index is -0.154. The zero-order valence-corrected chi connectivity index (χ0v) is 7.62. The molecule has 1 fully saturated rings. The molecule has 0 saturated carbocycles. The quantitative estimate of drug-likeness (QED) is 0.645. The number of aldehydes is 1. The first-order valence-electron chi connectivity index (χ1n) is 4.44. The molecule has 13 heavy (non-hydrogen) atoms. The fourth-order valence-electron chi connectivity index (χ4n) is 1.58. The zero-order valence-electron chi connectivity index (χ0n) is 7.62. The molecule has 2 nitrogen and oxygen atoms in total. The highest BCUT2D eigenvalue weighted by Crippen LogP contribution is 2.36. The molecule has 1 saturated heterocycles. The third-order valence-electron chi connectivity index (χ3n) is 2.63. The first-order chi connectivity index (χ1) is 6.24. The molecule has 1 aliphatic heterocycles. The molecule has 2 rings (SSSR count). The molecule has 2 heteroatoms. The van der Waals surface area contributed by atoms with Gasteiger partial charge in [-0.1, -0.05) is 18.2 Å². The van der Waals surface area contributed by atoms with E-state index >= 15 is 0 Å². The molecule has 0 aromatic heterocycles. The topological polar surface area (TPSA) is 26.3 Å². The molecule has 1 heterocycles. The molecular weight excluding hydrogens is 164 g/mol. The second-order valence-electron chi connectivity index (χ2n) is 3.57. The van der Waals surface area contributed by atoms with Crippen molar-refractivity contribution in [2.24, 2.45) is 0 Å². The van der Waals surface area contributed by atoms with Crippen molar-refractivity contribution >= 4 is 6.29 Å². The Morgan fingerprint density at radius 2 is 2.31 bits per heavy atom. The van der Waals surface area contributed by atoms with Crippen LogP contribution in [-0.4, -0.2) is 12.9 Å². The average Bonchev–Trinajstić information content (AvgIpc) is 2.14. The van der Waals surface area contributed by atoms with Gasteiger partial charge in [-0.3, -0.25) is 4.79 Å². The van der Waals surface area contributed by atoms with Gasteiger partial charge in [0, 0.05) is 12.0 Å². The fraction of sp³-hybridized carbons (Fsp3) is 0.364. The second-order valence-corrected chi connectivity index (χ2v) is 3.57. The van der Waals surface area contributed by atoms with Crippen molar-refractivity contribution < 1.29 is 9.53 Å². The van der Waals surface area contributed by atoms with Gasteiger partial charge in [0.15, 0.2) is 0 Å². The molecule has 0 N–H and O–H groups in total. The predicted octanol–water partition coefficient (Wildman–Crippen LogP) is 2.13. The van der Waals surface area contributed by atoms with Gasteiger partial charge in [0.1, 0.15) is 6.29 Å². The van der Waals surface area contributed by atoms with Crippen molar-refractivity contribution in [1.82, 2.24) is 0 Å². The van der Waals surface area contributed by atoms with E-state index in [1.54, 1.807) is 6.07 Å². The minimum Gasteiger partial charge on any atom is -0.370 e. The Kier molecular flexibility index (Phi) is 1.93. The van der Waals surface area contributed by atoms with Crippen molar-refractivity contribution in [2.75, 3.05) is 6.61 Å². The van der Waals surface area contributed by atoms with Gasteiger partial charge >= 0.3 is 0 Å². The van der Waals surface area contributed by atoms with E-state index in [2.05, 4.69) is 6.92 Å². The Hall–Kier alpha value is -1.15. The molecule has 0 spiro atoms. The lowest BCUT2D eigenvalue weighted by Crippen LogP contribution is -2.37. The van der Waals surface area contributed by atoms with Crippen LogP contribution in [0.4, 0.5) is 0 Å². The summed E-state index contributed by atoms with van der Waals surface area (Å²) in [6.45, 7) is 2.88. The first kappa shape index (κ1) is 8.45. The fourth-order valence-corrected chi connectivity index (χ4v) is 1.58. The van der Waals surface area contributed by atoms with Gasteiger partial charge in [0.05, 0.1) is 12.2 Å². The monoisotopic (exact) mass is 176 g/mol. The van der Waals surface area contributed by atoms with Gasteiger partial charge in [0.25, 0.3) is 0 Å². The van der Waals surface area contributed by atoms with Crippen LogP contribution < -0.4 is 0 Å². The van der Waals surface area contributed by atoms with E-state index in [0.717, 1.165) is 24.9 Å². The molecule has 1 aromatic rings. The highest BCUT2D eigenvalue weighted by atomic mass is 16.5. The van der Waals surface area contributed by atoms with Crippen LogP contribution in [-0.2, 0) is 10.3 Å². The van der Waals surface area contributed by atoms with Gasteiger partial charge in [-0.15, -0.1) is 0 Å². The number of hydrogen-bond acceptors (Lipinski definition) is 2.